The third-order valence-corrected chi connectivity index (χ3v) is 2.53. The molecule has 0 spiro atoms. The Kier molecular flexibility index (Phi) is 8.61. The van der Waals surface area contributed by atoms with Crippen LogP contribution in [0.5, 0.6) is 0 Å². The van der Waals surface area contributed by atoms with Crippen LogP contribution in [0.3, 0.4) is 0 Å². The fourth-order valence-electron chi connectivity index (χ4n) is 1.52. The molecule has 16 heavy (non-hydrogen) atoms. The number of allylic oxidation sites excluding steroid dienone is 7. The first kappa shape index (κ1) is 15.0. The Labute approximate surface area is 101 Å². The zero-order valence-corrected chi connectivity index (χ0v) is 11.3. The van der Waals surface area contributed by atoms with E-state index < -0.39 is 0 Å². The summed E-state index contributed by atoms with van der Waals surface area (Å²) in [4.78, 5) is 0. The summed E-state index contributed by atoms with van der Waals surface area (Å²) in [5, 5.41) is 0. The fourth-order valence-corrected chi connectivity index (χ4v) is 1.52. The zero-order valence-electron chi connectivity index (χ0n) is 11.3. The van der Waals surface area contributed by atoms with Gasteiger partial charge in [-0.15, -0.1) is 0 Å². The Morgan fingerprint density at radius 2 is 1.44 bits per heavy atom. The van der Waals surface area contributed by atoms with Gasteiger partial charge in [-0.05, 0) is 53.4 Å². The second-order valence-corrected chi connectivity index (χ2v) is 4.66. The minimum Gasteiger partial charge on any atom is -0.0991 e. The number of hydrogen-bond donors (Lipinski definition) is 0. The molecule has 0 radical (unpaired) electrons. The Bertz CT molecular complexity index is 283. The predicted octanol–water partition coefficient (Wildman–Crippen LogP) is 5.59. The summed E-state index contributed by atoms with van der Waals surface area (Å²) in [6.45, 7) is 12.4. The molecule has 0 fully saturated rings. The summed E-state index contributed by atoms with van der Waals surface area (Å²) in [6, 6.07) is 0. The molecule has 0 aliphatic heterocycles. The molecule has 0 saturated heterocycles. The van der Waals surface area contributed by atoms with E-state index in [0.717, 1.165) is 12.8 Å². The van der Waals surface area contributed by atoms with Crippen LogP contribution >= 0.6 is 0 Å². The first-order valence-corrected chi connectivity index (χ1v) is 6.13. The maximum Gasteiger partial charge on any atom is -0.0285 e. The Balaban J connectivity index is 3.83. The van der Waals surface area contributed by atoms with Crippen molar-refractivity contribution in [1.29, 1.82) is 0 Å². The van der Waals surface area contributed by atoms with Crippen LogP contribution in [0.1, 0.15) is 53.4 Å². The molecule has 0 N–H and O–H groups in total. The highest BCUT2D eigenvalue weighted by atomic mass is 14.0. The third-order valence-electron chi connectivity index (χ3n) is 2.53. The summed E-state index contributed by atoms with van der Waals surface area (Å²) in [5.74, 6) is 0. The van der Waals surface area contributed by atoms with Crippen LogP contribution < -0.4 is 0 Å². The summed E-state index contributed by atoms with van der Waals surface area (Å²) < 4.78 is 0. The van der Waals surface area contributed by atoms with Gasteiger partial charge in [0.05, 0.1) is 0 Å². The van der Waals surface area contributed by atoms with E-state index in [1.165, 1.54) is 29.6 Å². The van der Waals surface area contributed by atoms with Crippen molar-refractivity contribution in [3.05, 3.63) is 47.6 Å². The van der Waals surface area contributed by atoms with E-state index in [1.807, 2.05) is 6.08 Å². The van der Waals surface area contributed by atoms with Crippen LogP contribution in [0.25, 0.3) is 0 Å². The highest BCUT2D eigenvalue weighted by Gasteiger charge is 1.90. The fraction of sp³-hybridized carbons (Fsp3) is 0.500. The van der Waals surface area contributed by atoms with Gasteiger partial charge in [0.25, 0.3) is 0 Å². The van der Waals surface area contributed by atoms with Crippen molar-refractivity contribution in [3.63, 3.8) is 0 Å². The van der Waals surface area contributed by atoms with Crippen molar-refractivity contribution in [1.82, 2.24) is 0 Å². The van der Waals surface area contributed by atoms with Crippen molar-refractivity contribution >= 4 is 0 Å². The van der Waals surface area contributed by atoms with Crippen LogP contribution in [-0.2, 0) is 0 Å². The minimum atomic E-state index is 1.14. The third kappa shape index (κ3) is 9.51. The first-order valence-electron chi connectivity index (χ1n) is 6.13. The second-order valence-electron chi connectivity index (χ2n) is 4.66. The summed E-state index contributed by atoms with van der Waals surface area (Å²) in [5.41, 5.74) is 4.32. The lowest BCUT2D eigenvalue weighted by Gasteiger charge is -2.00. The lowest BCUT2D eigenvalue weighted by atomic mass is 10.1. The first-order chi connectivity index (χ1) is 7.56. The van der Waals surface area contributed by atoms with Gasteiger partial charge in [-0.1, -0.05) is 47.6 Å². The van der Waals surface area contributed by atoms with E-state index in [9.17, 15) is 0 Å². The van der Waals surface area contributed by atoms with E-state index >= 15 is 0 Å². The largest absolute Gasteiger partial charge is 0.0991 e. The number of hydrogen-bond acceptors (Lipinski definition) is 0. The lowest BCUT2D eigenvalue weighted by molar-refractivity contribution is 0.918. The van der Waals surface area contributed by atoms with Gasteiger partial charge in [0.1, 0.15) is 0 Å². The van der Waals surface area contributed by atoms with E-state index in [0.29, 0.717) is 0 Å². The van der Waals surface area contributed by atoms with Crippen LogP contribution in [0.15, 0.2) is 47.6 Å². The van der Waals surface area contributed by atoms with E-state index in [2.05, 4.69) is 52.5 Å². The molecule has 90 valence electrons. The molecule has 0 aromatic rings. The Morgan fingerprint density at radius 3 is 2.00 bits per heavy atom. The molecular formula is C16H26. The van der Waals surface area contributed by atoms with Crippen molar-refractivity contribution in [2.75, 3.05) is 0 Å². The monoisotopic (exact) mass is 218 g/mol. The molecule has 0 bridgehead atoms. The van der Waals surface area contributed by atoms with Gasteiger partial charge >= 0.3 is 0 Å². The van der Waals surface area contributed by atoms with Gasteiger partial charge in [0, 0.05) is 0 Å². The normalized spacial score (nSPS) is 12.5. The van der Waals surface area contributed by atoms with Crippen molar-refractivity contribution in [2.45, 2.75) is 53.4 Å². The smallest absolute Gasteiger partial charge is 0.0285 e. The van der Waals surface area contributed by atoms with Crippen molar-refractivity contribution in [2.24, 2.45) is 0 Å². The highest BCUT2D eigenvalue weighted by Crippen LogP contribution is 2.11. The SMILES string of the molecule is C=CC=C(C)CCC=C(C)CCC=C(C)C. The van der Waals surface area contributed by atoms with Gasteiger partial charge in [0.2, 0.25) is 0 Å². The van der Waals surface area contributed by atoms with Crippen LogP contribution in [-0.4, -0.2) is 0 Å². The summed E-state index contributed by atoms with van der Waals surface area (Å²) >= 11 is 0. The molecule has 0 heterocycles. The maximum atomic E-state index is 3.70. The molecule has 0 saturated carbocycles. The lowest BCUT2D eigenvalue weighted by Crippen LogP contribution is -1.80. The summed E-state index contributed by atoms with van der Waals surface area (Å²) in [6.07, 6.45) is 13.3. The van der Waals surface area contributed by atoms with E-state index in [-0.39, 0.29) is 0 Å². The van der Waals surface area contributed by atoms with Crippen LogP contribution in [0.4, 0.5) is 0 Å². The minimum absolute atomic E-state index is 1.14. The van der Waals surface area contributed by atoms with Gasteiger partial charge < -0.3 is 0 Å². The van der Waals surface area contributed by atoms with Crippen molar-refractivity contribution in [3.8, 4) is 0 Å². The number of rotatable bonds is 7. The van der Waals surface area contributed by atoms with Crippen LogP contribution in [0, 0.1) is 0 Å². The molecule has 0 heteroatoms. The Morgan fingerprint density at radius 1 is 0.875 bits per heavy atom. The maximum absolute atomic E-state index is 3.70. The average Bonchev–Trinajstić information content (AvgIpc) is 2.17. The molecule has 0 amide bonds. The zero-order chi connectivity index (χ0) is 12.4. The quantitative estimate of drug-likeness (QED) is 0.386. The second kappa shape index (κ2) is 9.21. The van der Waals surface area contributed by atoms with E-state index in [1.54, 1.807) is 0 Å². The predicted molar refractivity (Wildman–Crippen MR) is 75.6 cm³/mol. The van der Waals surface area contributed by atoms with Crippen molar-refractivity contribution < 1.29 is 0 Å². The Hall–Kier alpha value is -1.04. The van der Waals surface area contributed by atoms with Gasteiger partial charge in [-0.2, -0.15) is 0 Å². The van der Waals surface area contributed by atoms with E-state index in [4.69, 9.17) is 0 Å². The topological polar surface area (TPSA) is 0 Å². The molecule has 0 atom stereocenters. The molecule has 0 rings (SSSR count). The molecule has 0 aromatic carbocycles. The molecule has 0 aliphatic rings. The van der Waals surface area contributed by atoms with Gasteiger partial charge in [0.15, 0.2) is 0 Å². The van der Waals surface area contributed by atoms with Gasteiger partial charge in [-0.3, -0.25) is 0 Å². The average molecular weight is 218 g/mol. The molecule has 0 unspecified atom stereocenters. The molecular weight excluding hydrogens is 192 g/mol. The molecule has 0 aromatic heterocycles. The standard InChI is InChI=1S/C16H26/c1-6-9-15(4)12-8-13-16(5)11-7-10-14(2)3/h6,9-10,13H,1,7-8,11-12H2,2-5H3. The van der Waals surface area contributed by atoms with Gasteiger partial charge in [-0.25, -0.2) is 0 Å². The highest BCUT2D eigenvalue weighted by molar-refractivity contribution is 5.09. The van der Waals surface area contributed by atoms with Crippen LogP contribution in [0.2, 0.25) is 0 Å². The molecule has 0 nitrogen and oxygen atoms in total. The molecule has 0 aliphatic carbocycles. The summed E-state index contributed by atoms with van der Waals surface area (Å²) in [7, 11) is 0.